The Hall–Kier alpha value is -3.02. The molecule has 2 aromatic rings. The van der Waals surface area contributed by atoms with E-state index in [4.69, 9.17) is 9.47 Å². The van der Waals surface area contributed by atoms with E-state index in [1.165, 1.54) is 14.2 Å². The molecule has 0 saturated carbocycles. The van der Waals surface area contributed by atoms with Gasteiger partial charge in [-0.15, -0.1) is 0 Å². The number of ether oxygens (including phenoxy) is 2. The zero-order chi connectivity index (χ0) is 19.3. The van der Waals surface area contributed by atoms with Crippen molar-refractivity contribution in [2.45, 2.75) is 27.2 Å². The number of methoxy groups -OCH3 is 2. The highest BCUT2D eigenvalue weighted by Crippen LogP contribution is 2.29. The van der Waals surface area contributed by atoms with Crippen molar-refractivity contribution in [1.82, 2.24) is 0 Å². The first-order valence-corrected chi connectivity index (χ1v) is 8.23. The molecule has 0 fully saturated rings. The van der Waals surface area contributed by atoms with E-state index in [9.17, 15) is 9.59 Å². The van der Waals surface area contributed by atoms with E-state index in [0.717, 1.165) is 22.4 Å². The lowest BCUT2D eigenvalue weighted by atomic mass is 10.0. The monoisotopic (exact) mass is 356 g/mol. The SMILES string of the molecule is COc1ccc(OC)c(NC(=O)CC(=O)Nc2c(C)cc(C)cc2C)c1. The van der Waals surface area contributed by atoms with Crippen LogP contribution < -0.4 is 20.1 Å². The summed E-state index contributed by atoms with van der Waals surface area (Å²) in [5.41, 5.74) is 4.25. The molecule has 0 bridgehead atoms. The van der Waals surface area contributed by atoms with E-state index in [1.807, 2.05) is 32.9 Å². The maximum atomic E-state index is 12.3. The lowest BCUT2D eigenvalue weighted by Crippen LogP contribution is -2.22. The summed E-state index contributed by atoms with van der Waals surface area (Å²) in [6.45, 7) is 5.86. The zero-order valence-corrected chi connectivity index (χ0v) is 15.7. The first kappa shape index (κ1) is 19.3. The number of carbonyl (C=O) groups is 2. The van der Waals surface area contributed by atoms with Gasteiger partial charge in [-0.2, -0.15) is 0 Å². The third-order valence-electron chi connectivity index (χ3n) is 3.94. The summed E-state index contributed by atoms with van der Waals surface area (Å²) in [5.74, 6) is 0.261. The molecule has 6 nitrogen and oxygen atoms in total. The number of rotatable bonds is 6. The lowest BCUT2D eigenvalue weighted by Gasteiger charge is -2.14. The summed E-state index contributed by atoms with van der Waals surface area (Å²) < 4.78 is 10.4. The van der Waals surface area contributed by atoms with Crippen molar-refractivity contribution in [3.05, 3.63) is 47.0 Å². The molecular weight excluding hydrogens is 332 g/mol. The molecule has 0 aliphatic heterocycles. The van der Waals surface area contributed by atoms with Crippen molar-refractivity contribution in [2.24, 2.45) is 0 Å². The maximum absolute atomic E-state index is 12.3. The standard InChI is InChI=1S/C20H24N2O4/c1-12-8-13(2)20(14(3)9-12)22-19(24)11-18(23)21-16-10-15(25-4)6-7-17(16)26-5/h6-10H,11H2,1-5H3,(H,21,23)(H,22,24). The van der Waals surface area contributed by atoms with Gasteiger partial charge >= 0.3 is 0 Å². The van der Waals surface area contributed by atoms with Gasteiger partial charge in [-0.25, -0.2) is 0 Å². The van der Waals surface area contributed by atoms with Gasteiger partial charge in [0.1, 0.15) is 17.9 Å². The predicted octanol–water partition coefficient (Wildman–Crippen LogP) is 3.60. The smallest absolute Gasteiger partial charge is 0.233 e. The number of nitrogens with one attached hydrogen (secondary N) is 2. The van der Waals surface area contributed by atoms with E-state index in [2.05, 4.69) is 10.6 Å². The van der Waals surface area contributed by atoms with Crippen LogP contribution >= 0.6 is 0 Å². The fourth-order valence-corrected chi connectivity index (χ4v) is 2.81. The van der Waals surface area contributed by atoms with Crippen molar-refractivity contribution in [3.63, 3.8) is 0 Å². The van der Waals surface area contributed by atoms with Crippen LogP contribution in [-0.4, -0.2) is 26.0 Å². The Bertz CT molecular complexity index is 808. The Labute approximate surface area is 153 Å². The number of carbonyl (C=O) groups excluding carboxylic acids is 2. The first-order valence-electron chi connectivity index (χ1n) is 8.23. The van der Waals surface area contributed by atoms with E-state index >= 15 is 0 Å². The van der Waals surface area contributed by atoms with Crippen LogP contribution in [0, 0.1) is 20.8 Å². The summed E-state index contributed by atoms with van der Waals surface area (Å²) >= 11 is 0. The molecule has 0 radical (unpaired) electrons. The van der Waals surface area contributed by atoms with Gasteiger partial charge in [0.25, 0.3) is 0 Å². The summed E-state index contributed by atoms with van der Waals surface area (Å²) in [6.07, 6.45) is -0.298. The van der Waals surface area contributed by atoms with Gasteiger partial charge in [-0.05, 0) is 44.0 Å². The molecule has 26 heavy (non-hydrogen) atoms. The van der Waals surface area contributed by atoms with Crippen molar-refractivity contribution in [1.29, 1.82) is 0 Å². The third-order valence-corrected chi connectivity index (χ3v) is 3.94. The normalized spacial score (nSPS) is 10.2. The average molecular weight is 356 g/mol. The third kappa shape index (κ3) is 4.75. The molecule has 0 aliphatic carbocycles. The van der Waals surface area contributed by atoms with Crippen LogP contribution in [0.4, 0.5) is 11.4 Å². The lowest BCUT2D eigenvalue weighted by molar-refractivity contribution is -0.123. The van der Waals surface area contributed by atoms with Gasteiger partial charge < -0.3 is 20.1 Å². The van der Waals surface area contributed by atoms with Gasteiger partial charge in [0.2, 0.25) is 11.8 Å². The second-order valence-corrected chi connectivity index (χ2v) is 6.11. The highest BCUT2D eigenvalue weighted by atomic mass is 16.5. The van der Waals surface area contributed by atoms with E-state index < -0.39 is 5.91 Å². The molecule has 0 atom stereocenters. The average Bonchev–Trinajstić information content (AvgIpc) is 2.57. The molecule has 2 rings (SSSR count). The summed E-state index contributed by atoms with van der Waals surface area (Å²) in [4.78, 5) is 24.5. The van der Waals surface area contributed by atoms with Gasteiger partial charge in [0.05, 0.1) is 19.9 Å². The molecule has 2 N–H and O–H groups in total. The Kier molecular flexibility index (Phi) is 6.22. The Morgan fingerprint density at radius 1 is 0.885 bits per heavy atom. The van der Waals surface area contributed by atoms with E-state index in [1.54, 1.807) is 18.2 Å². The van der Waals surface area contributed by atoms with Crippen LogP contribution in [0.5, 0.6) is 11.5 Å². The van der Waals surface area contributed by atoms with E-state index in [-0.39, 0.29) is 12.3 Å². The van der Waals surface area contributed by atoms with Gasteiger partial charge in [-0.1, -0.05) is 17.7 Å². The molecule has 6 heteroatoms. The number of benzene rings is 2. The minimum atomic E-state index is -0.434. The van der Waals surface area contributed by atoms with Crippen LogP contribution in [0.15, 0.2) is 30.3 Å². The van der Waals surface area contributed by atoms with Crippen LogP contribution in [0.2, 0.25) is 0 Å². The molecule has 2 aromatic carbocycles. The fourth-order valence-electron chi connectivity index (χ4n) is 2.81. The summed E-state index contributed by atoms with van der Waals surface area (Å²) in [7, 11) is 3.04. The molecular formula is C20H24N2O4. The topological polar surface area (TPSA) is 76.7 Å². The van der Waals surface area contributed by atoms with Gasteiger partial charge in [-0.3, -0.25) is 9.59 Å². The molecule has 0 aliphatic rings. The van der Waals surface area contributed by atoms with E-state index in [0.29, 0.717) is 17.2 Å². The Morgan fingerprint density at radius 2 is 1.50 bits per heavy atom. The van der Waals surface area contributed by atoms with Gasteiger partial charge in [0.15, 0.2) is 0 Å². The van der Waals surface area contributed by atoms with Crippen LogP contribution in [0.3, 0.4) is 0 Å². The molecule has 0 unspecified atom stereocenters. The van der Waals surface area contributed by atoms with Crippen molar-refractivity contribution >= 4 is 23.2 Å². The number of amides is 2. The minimum Gasteiger partial charge on any atom is -0.497 e. The molecule has 2 amide bonds. The molecule has 138 valence electrons. The van der Waals surface area contributed by atoms with Crippen LogP contribution in [0.25, 0.3) is 0 Å². The highest BCUT2D eigenvalue weighted by Gasteiger charge is 2.15. The number of aryl methyl sites for hydroxylation is 3. The maximum Gasteiger partial charge on any atom is 0.233 e. The zero-order valence-electron chi connectivity index (χ0n) is 15.7. The summed E-state index contributed by atoms with van der Waals surface area (Å²) in [6, 6.07) is 9.04. The molecule has 0 aromatic heterocycles. The van der Waals surface area contributed by atoms with Crippen molar-refractivity contribution in [3.8, 4) is 11.5 Å². The number of hydrogen-bond acceptors (Lipinski definition) is 4. The second kappa shape index (κ2) is 8.38. The number of anilines is 2. The predicted molar refractivity (Wildman–Crippen MR) is 102 cm³/mol. The quantitative estimate of drug-likeness (QED) is 0.776. The molecule has 0 saturated heterocycles. The highest BCUT2D eigenvalue weighted by molar-refractivity contribution is 6.08. The Morgan fingerprint density at radius 3 is 2.08 bits per heavy atom. The second-order valence-electron chi connectivity index (χ2n) is 6.11. The largest absolute Gasteiger partial charge is 0.497 e. The first-order chi connectivity index (χ1) is 12.3. The molecule has 0 heterocycles. The van der Waals surface area contributed by atoms with Crippen LogP contribution in [0.1, 0.15) is 23.1 Å². The fraction of sp³-hybridized carbons (Fsp3) is 0.300. The summed E-state index contributed by atoms with van der Waals surface area (Å²) in [5, 5.41) is 5.50. The molecule has 0 spiro atoms. The van der Waals surface area contributed by atoms with Gasteiger partial charge in [0, 0.05) is 11.8 Å². The number of hydrogen-bond donors (Lipinski definition) is 2. The Balaban J connectivity index is 2.05. The minimum absolute atomic E-state index is 0.298. The van der Waals surface area contributed by atoms with Crippen molar-refractivity contribution < 1.29 is 19.1 Å². The van der Waals surface area contributed by atoms with Crippen LogP contribution in [-0.2, 0) is 9.59 Å². The van der Waals surface area contributed by atoms with Crippen molar-refractivity contribution in [2.75, 3.05) is 24.9 Å².